The minimum absolute atomic E-state index is 0.0482. The van der Waals surface area contributed by atoms with Crippen LogP contribution in [0.3, 0.4) is 0 Å². The number of ether oxygens (including phenoxy) is 1. The number of alkyl halides is 1. The van der Waals surface area contributed by atoms with E-state index in [-0.39, 0.29) is 10.8 Å². The summed E-state index contributed by atoms with van der Waals surface area (Å²) >= 11 is 3.21. The summed E-state index contributed by atoms with van der Waals surface area (Å²) in [5.41, 5.74) is 0. The summed E-state index contributed by atoms with van der Waals surface area (Å²) in [4.78, 5) is 0. The van der Waals surface area contributed by atoms with E-state index in [0.29, 0.717) is 5.75 Å². The number of hydrogen-bond donors (Lipinski definition) is 0. The van der Waals surface area contributed by atoms with Crippen LogP contribution in [0.1, 0.15) is 6.92 Å². The Morgan fingerprint density at radius 2 is 1.91 bits per heavy atom. The van der Waals surface area contributed by atoms with Gasteiger partial charge in [0, 0.05) is 0 Å². The van der Waals surface area contributed by atoms with Crippen molar-refractivity contribution in [3.8, 4) is 5.75 Å². The molecular weight excluding hydrogens is 211 g/mol. The molecule has 0 spiro atoms. The molecule has 0 aromatic heterocycles. The van der Waals surface area contributed by atoms with Crippen molar-refractivity contribution in [2.45, 2.75) is 11.9 Å². The van der Waals surface area contributed by atoms with Crippen LogP contribution >= 0.6 is 15.9 Å². The smallest absolute Gasteiger partial charge is 0.150 e. The molecule has 1 nitrogen and oxygen atoms in total. The maximum absolute atomic E-state index is 12.4. The summed E-state index contributed by atoms with van der Waals surface area (Å²) in [6.07, 6.45) is 0. The highest BCUT2D eigenvalue weighted by Crippen LogP contribution is 2.14. The summed E-state index contributed by atoms with van der Waals surface area (Å²) in [5.74, 6) is 0.412. The van der Waals surface area contributed by atoms with Gasteiger partial charge >= 0.3 is 0 Å². The largest absolute Gasteiger partial charge is 0.480 e. The molecule has 0 saturated heterocycles. The van der Waals surface area contributed by atoms with E-state index < -0.39 is 0 Å². The Morgan fingerprint density at radius 1 is 1.36 bits per heavy atom. The van der Waals surface area contributed by atoms with Crippen LogP contribution in [0.4, 0.5) is 4.39 Å². The first-order chi connectivity index (χ1) is 5.18. The normalized spacial score (nSPS) is 12.6. The highest BCUT2D eigenvalue weighted by Gasteiger charge is 1.97. The Balaban J connectivity index is 2.66. The predicted octanol–water partition coefficient (Wildman–Crippen LogP) is 2.95. The van der Waals surface area contributed by atoms with Gasteiger partial charge in [-0.3, -0.25) is 0 Å². The van der Waals surface area contributed by atoms with Crippen molar-refractivity contribution in [1.82, 2.24) is 0 Å². The fourth-order valence-corrected chi connectivity index (χ4v) is 0.917. The van der Waals surface area contributed by atoms with Crippen LogP contribution < -0.4 is 4.74 Å². The third-order valence-electron chi connectivity index (χ3n) is 1.11. The summed E-state index contributed by atoms with van der Waals surface area (Å²) in [5, 5.41) is -0.0482. The lowest BCUT2D eigenvalue weighted by atomic mass is 10.3. The second-order valence-corrected chi connectivity index (χ2v) is 3.40. The van der Waals surface area contributed by atoms with Crippen molar-refractivity contribution in [1.29, 1.82) is 0 Å². The second kappa shape index (κ2) is 3.72. The van der Waals surface area contributed by atoms with E-state index >= 15 is 0 Å². The quantitative estimate of drug-likeness (QED) is 0.694. The van der Waals surface area contributed by atoms with Crippen LogP contribution in [0.5, 0.6) is 5.75 Å². The van der Waals surface area contributed by atoms with E-state index in [1.165, 1.54) is 12.1 Å². The fourth-order valence-electron chi connectivity index (χ4n) is 0.701. The number of halogens is 2. The van der Waals surface area contributed by atoms with Gasteiger partial charge in [-0.05, 0) is 47.1 Å². The molecule has 1 atom stereocenters. The first kappa shape index (κ1) is 8.53. The van der Waals surface area contributed by atoms with Gasteiger partial charge in [0.25, 0.3) is 0 Å². The molecule has 0 amide bonds. The zero-order valence-electron chi connectivity index (χ0n) is 6.05. The average Bonchev–Trinajstić information content (AvgIpc) is 1.93. The van der Waals surface area contributed by atoms with Crippen molar-refractivity contribution >= 4 is 15.9 Å². The van der Waals surface area contributed by atoms with E-state index in [1.54, 1.807) is 12.1 Å². The van der Waals surface area contributed by atoms with Crippen LogP contribution in [-0.2, 0) is 0 Å². The van der Waals surface area contributed by atoms with Gasteiger partial charge in [0.2, 0.25) is 0 Å². The molecule has 0 aliphatic heterocycles. The molecule has 1 unspecified atom stereocenters. The molecule has 11 heavy (non-hydrogen) atoms. The minimum Gasteiger partial charge on any atom is -0.480 e. The maximum Gasteiger partial charge on any atom is 0.150 e. The summed E-state index contributed by atoms with van der Waals surface area (Å²) in [7, 11) is 0. The summed E-state index contributed by atoms with van der Waals surface area (Å²) in [6.45, 7) is 1.85. The monoisotopic (exact) mass is 218 g/mol. The van der Waals surface area contributed by atoms with Crippen LogP contribution in [0.15, 0.2) is 24.3 Å². The molecule has 0 aliphatic carbocycles. The average molecular weight is 219 g/mol. The SMILES string of the molecule is CC(Br)Oc1ccc(F)cc1. The molecule has 60 valence electrons. The van der Waals surface area contributed by atoms with E-state index in [1.807, 2.05) is 6.92 Å². The molecule has 0 aliphatic rings. The van der Waals surface area contributed by atoms with Crippen LogP contribution in [0.2, 0.25) is 0 Å². The van der Waals surface area contributed by atoms with Gasteiger partial charge in [-0.1, -0.05) is 0 Å². The molecule has 0 saturated carbocycles. The van der Waals surface area contributed by atoms with E-state index in [9.17, 15) is 4.39 Å². The molecular formula is C8H8BrFO. The zero-order chi connectivity index (χ0) is 8.27. The minimum atomic E-state index is -0.250. The lowest BCUT2D eigenvalue weighted by Gasteiger charge is -2.06. The van der Waals surface area contributed by atoms with E-state index in [0.717, 1.165) is 0 Å². The fraction of sp³-hybridized carbons (Fsp3) is 0.250. The Bertz CT molecular complexity index is 220. The molecule has 0 N–H and O–H groups in total. The number of rotatable bonds is 2. The Kier molecular flexibility index (Phi) is 2.88. The number of hydrogen-bond acceptors (Lipinski definition) is 1. The Labute approximate surface area is 73.3 Å². The first-order valence-electron chi connectivity index (χ1n) is 3.25. The van der Waals surface area contributed by atoms with Gasteiger partial charge < -0.3 is 4.74 Å². The third-order valence-corrected chi connectivity index (χ3v) is 1.30. The van der Waals surface area contributed by atoms with Crippen molar-refractivity contribution < 1.29 is 9.13 Å². The highest BCUT2D eigenvalue weighted by molar-refractivity contribution is 9.09. The molecule has 0 heterocycles. The number of benzene rings is 1. The summed E-state index contributed by atoms with van der Waals surface area (Å²) in [6, 6.07) is 5.91. The van der Waals surface area contributed by atoms with Gasteiger partial charge in [0.1, 0.15) is 11.6 Å². The molecule has 1 aromatic rings. The van der Waals surface area contributed by atoms with Crippen LogP contribution in [0, 0.1) is 5.82 Å². The van der Waals surface area contributed by atoms with Crippen LogP contribution in [0.25, 0.3) is 0 Å². The lowest BCUT2D eigenvalue weighted by Crippen LogP contribution is -2.01. The second-order valence-electron chi connectivity index (χ2n) is 2.11. The maximum atomic E-state index is 12.4. The van der Waals surface area contributed by atoms with Gasteiger partial charge in [-0.25, -0.2) is 4.39 Å². The predicted molar refractivity (Wildman–Crippen MR) is 45.4 cm³/mol. The molecule has 3 heteroatoms. The van der Waals surface area contributed by atoms with Gasteiger partial charge in [0.05, 0.1) is 0 Å². The standard InChI is InChI=1S/C8H8BrFO/c1-6(9)11-8-4-2-7(10)3-5-8/h2-6H,1H3. The first-order valence-corrected chi connectivity index (χ1v) is 4.16. The van der Waals surface area contributed by atoms with Crippen molar-refractivity contribution in [3.63, 3.8) is 0 Å². The highest BCUT2D eigenvalue weighted by atomic mass is 79.9. The molecule has 0 bridgehead atoms. The topological polar surface area (TPSA) is 9.23 Å². The van der Waals surface area contributed by atoms with E-state index in [2.05, 4.69) is 15.9 Å². The van der Waals surface area contributed by atoms with Crippen molar-refractivity contribution in [3.05, 3.63) is 30.1 Å². The van der Waals surface area contributed by atoms with E-state index in [4.69, 9.17) is 4.74 Å². The zero-order valence-corrected chi connectivity index (χ0v) is 7.64. The lowest BCUT2D eigenvalue weighted by molar-refractivity contribution is 0.313. The third kappa shape index (κ3) is 2.89. The molecule has 1 rings (SSSR count). The van der Waals surface area contributed by atoms with Gasteiger partial charge in [-0.15, -0.1) is 0 Å². The van der Waals surface area contributed by atoms with Crippen LogP contribution in [-0.4, -0.2) is 5.01 Å². The van der Waals surface area contributed by atoms with Crippen molar-refractivity contribution in [2.75, 3.05) is 0 Å². The Morgan fingerprint density at radius 3 is 2.36 bits per heavy atom. The van der Waals surface area contributed by atoms with Crippen molar-refractivity contribution in [2.24, 2.45) is 0 Å². The molecule has 0 radical (unpaired) electrons. The Hall–Kier alpha value is -0.570. The molecule has 1 aromatic carbocycles. The van der Waals surface area contributed by atoms with Gasteiger partial charge in [0.15, 0.2) is 5.01 Å². The summed E-state index contributed by atoms with van der Waals surface area (Å²) < 4.78 is 17.6. The van der Waals surface area contributed by atoms with Gasteiger partial charge in [-0.2, -0.15) is 0 Å². The molecule has 0 fully saturated rings.